The Morgan fingerprint density at radius 1 is 0.920 bits per heavy atom. The molecule has 4 heteroatoms. The molecule has 2 atom stereocenters. The highest BCUT2D eigenvalue weighted by Gasteiger charge is 2.35. The Bertz CT molecular complexity index is 686. The highest BCUT2D eigenvalue weighted by Crippen LogP contribution is 2.40. The average molecular weight is 355 g/mol. The van der Waals surface area contributed by atoms with Crippen LogP contribution in [0.15, 0.2) is 48.5 Å². The van der Waals surface area contributed by atoms with Crippen molar-refractivity contribution in [3.05, 3.63) is 54.1 Å². The average Bonchev–Trinajstić information content (AvgIpc) is 3.08. The summed E-state index contributed by atoms with van der Waals surface area (Å²) in [4.78, 5) is 2.73. The zero-order valence-electron chi connectivity index (χ0n) is 14.8. The SMILES string of the molecule is CSNc1ccc(Oc2ccc(C3CCC4CCCCN43)cc2)cc1. The number of hydrogen-bond donors (Lipinski definition) is 1. The summed E-state index contributed by atoms with van der Waals surface area (Å²) in [6.45, 7) is 1.27. The summed E-state index contributed by atoms with van der Waals surface area (Å²) in [5.74, 6) is 1.78. The first-order chi connectivity index (χ1) is 12.3. The number of benzene rings is 2. The fraction of sp³-hybridized carbons (Fsp3) is 0.429. The van der Waals surface area contributed by atoms with Crippen molar-refractivity contribution in [1.82, 2.24) is 4.90 Å². The molecule has 0 amide bonds. The van der Waals surface area contributed by atoms with Crippen molar-refractivity contribution in [2.75, 3.05) is 17.5 Å². The number of hydrogen-bond acceptors (Lipinski definition) is 4. The van der Waals surface area contributed by atoms with Crippen LogP contribution in [-0.2, 0) is 0 Å². The van der Waals surface area contributed by atoms with Crippen molar-refractivity contribution in [2.24, 2.45) is 0 Å². The number of nitrogens with zero attached hydrogens (tertiary/aromatic N) is 1. The minimum atomic E-state index is 0.608. The molecule has 2 unspecified atom stereocenters. The van der Waals surface area contributed by atoms with E-state index in [1.54, 1.807) is 11.9 Å². The van der Waals surface area contributed by atoms with Crippen LogP contribution in [0.25, 0.3) is 0 Å². The summed E-state index contributed by atoms with van der Waals surface area (Å²) in [7, 11) is 0. The van der Waals surface area contributed by atoms with Gasteiger partial charge >= 0.3 is 0 Å². The molecule has 0 saturated carbocycles. The molecule has 0 aliphatic carbocycles. The normalized spacial score (nSPS) is 23.2. The van der Waals surface area contributed by atoms with Crippen molar-refractivity contribution in [1.29, 1.82) is 0 Å². The maximum absolute atomic E-state index is 5.99. The van der Waals surface area contributed by atoms with Gasteiger partial charge < -0.3 is 9.46 Å². The Kier molecular flexibility index (Phi) is 5.18. The van der Waals surface area contributed by atoms with E-state index in [0.717, 1.165) is 23.2 Å². The molecule has 0 radical (unpaired) electrons. The first-order valence-corrected chi connectivity index (χ1v) is 10.5. The summed E-state index contributed by atoms with van der Waals surface area (Å²) in [6, 6.07) is 18.2. The summed E-state index contributed by atoms with van der Waals surface area (Å²) in [6.07, 6.45) is 8.83. The van der Waals surface area contributed by atoms with Gasteiger partial charge in [0.05, 0.1) is 0 Å². The van der Waals surface area contributed by atoms with Crippen LogP contribution in [0.3, 0.4) is 0 Å². The summed E-state index contributed by atoms with van der Waals surface area (Å²) >= 11 is 1.59. The Labute approximate surface area is 154 Å². The second-order valence-electron chi connectivity index (χ2n) is 6.98. The number of rotatable bonds is 5. The topological polar surface area (TPSA) is 24.5 Å². The van der Waals surface area contributed by atoms with Gasteiger partial charge in [0.1, 0.15) is 11.5 Å². The van der Waals surface area contributed by atoms with Crippen LogP contribution in [-0.4, -0.2) is 23.7 Å². The van der Waals surface area contributed by atoms with Crippen LogP contribution in [0, 0.1) is 0 Å². The van der Waals surface area contributed by atoms with Gasteiger partial charge in [-0.1, -0.05) is 30.5 Å². The molecule has 4 rings (SSSR count). The zero-order chi connectivity index (χ0) is 17.1. The Balaban J connectivity index is 1.41. The third kappa shape index (κ3) is 3.80. The molecule has 132 valence electrons. The van der Waals surface area contributed by atoms with E-state index >= 15 is 0 Å². The number of anilines is 1. The van der Waals surface area contributed by atoms with Crippen LogP contribution in [0.1, 0.15) is 43.7 Å². The predicted octanol–water partition coefficient (Wildman–Crippen LogP) is 5.86. The fourth-order valence-electron chi connectivity index (χ4n) is 4.22. The minimum Gasteiger partial charge on any atom is -0.457 e. The lowest BCUT2D eigenvalue weighted by Crippen LogP contribution is -2.35. The van der Waals surface area contributed by atoms with Gasteiger partial charge in [-0.15, -0.1) is 0 Å². The number of ether oxygens (including phenoxy) is 1. The van der Waals surface area contributed by atoms with E-state index < -0.39 is 0 Å². The molecule has 3 nitrogen and oxygen atoms in total. The van der Waals surface area contributed by atoms with Gasteiger partial charge in [-0.3, -0.25) is 4.90 Å². The standard InChI is InChI=1S/C21H26N2OS/c1-25-22-17-7-12-20(13-8-17)24-19-10-5-16(6-11-19)21-14-9-18-4-2-3-15-23(18)21/h5-8,10-13,18,21-22H,2-4,9,14-15H2,1H3. The minimum absolute atomic E-state index is 0.608. The summed E-state index contributed by atoms with van der Waals surface area (Å²) in [5, 5.41) is 0. The molecule has 2 saturated heterocycles. The van der Waals surface area contributed by atoms with Crippen molar-refractivity contribution >= 4 is 17.6 Å². The quantitative estimate of drug-likeness (QED) is 0.680. The summed E-state index contributed by atoms with van der Waals surface area (Å²) in [5.41, 5.74) is 2.53. The van der Waals surface area contributed by atoms with Crippen molar-refractivity contribution in [3.63, 3.8) is 0 Å². The van der Waals surface area contributed by atoms with Crippen LogP contribution in [0.4, 0.5) is 5.69 Å². The molecule has 1 N–H and O–H groups in total. The molecular weight excluding hydrogens is 328 g/mol. The van der Waals surface area contributed by atoms with E-state index in [9.17, 15) is 0 Å². The first-order valence-electron chi connectivity index (χ1n) is 9.26. The molecule has 2 aliphatic heterocycles. The van der Waals surface area contributed by atoms with Gasteiger partial charge in [-0.25, -0.2) is 0 Å². The van der Waals surface area contributed by atoms with Crippen LogP contribution < -0.4 is 9.46 Å². The predicted molar refractivity (Wildman–Crippen MR) is 106 cm³/mol. The lowest BCUT2D eigenvalue weighted by Gasteiger charge is -2.34. The van der Waals surface area contributed by atoms with Crippen molar-refractivity contribution < 1.29 is 4.74 Å². The second-order valence-corrected chi connectivity index (χ2v) is 7.59. The zero-order valence-corrected chi connectivity index (χ0v) is 15.6. The maximum atomic E-state index is 5.99. The van der Waals surface area contributed by atoms with Gasteiger partial charge in [-0.05, 0) is 74.2 Å². The number of fused-ring (bicyclic) bond motifs is 1. The Hall–Kier alpha value is -1.65. The maximum Gasteiger partial charge on any atom is 0.127 e. The highest BCUT2D eigenvalue weighted by molar-refractivity contribution is 7.99. The molecule has 2 aliphatic rings. The second kappa shape index (κ2) is 7.71. The van der Waals surface area contributed by atoms with Gasteiger partial charge in [0.15, 0.2) is 0 Å². The highest BCUT2D eigenvalue weighted by atomic mass is 32.2. The number of nitrogens with one attached hydrogen (secondary N) is 1. The fourth-order valence-corrected chi connectivity index (χ4v) is 4.59. The molecule has 0 aromatic heterocycles. The van der Waals surface area contributed by atoms with E-state index in [-0.39, 0.29) is 0 Å². The largest absolute Gasteiger partial charge is 0.457 e. The molecular formula is C21H26N2OS. The third-order valence-electron chi connectivity index (χ3n) is 5.42. The van der Waals surface area contributed by atoms with E-state index in [1.165, 1.54) is 44.2 Å². The van der Waals surface area contributed by atoms with Crippen LogP contribution in [0.2, 0.25) is 0 Å². The molecule has 2 aromatic rings. The van der Waals surface area contributed by atoms with Gasteiger partial charge in [0, 0.05) is 24.0 Å². The van der Waals surface area contributed by atoms with Crippen molar-refractivity contribution in [3.8, 4) is 11.5 Å². The van der Waals surface area contributed by atoms with E-state index in [4.69, 9.17) is 4.74 Å². The number of piperidine rings is 1. The lowest BCUT2D eigenvalue weighted by molar-refractivity contribution is 0.150. The molecule has 25 heavy (non-hydrogen) atoms. The van der Waals surface area contributed by atoms with E-state index in [0.29, 0.717) is 6.04 Å². The molecule has 0 spiro atoms. The monoisotopic (exact) mass is 354 g/mol. The Morgan fingerprint density at radius 3 is 2.36 bits per heavy atom. The first kappa shape index (κ1) is 16.8. The molecule has 0 bridgehead atoms. The van der Waals surface area contributed by atoms with Crippen LogP contribution >= 0.6 is 11.9 Å². The Morgan fingerprint density at radius 2 is 1.64 bits per heavy atom. The van der Waals surface area contributed by atoms with Crippen molar-refractivity contribution in [2.45, 2.75) is 44.2 Å². The van der Waals surface area contributed by atoms with Gasteiger partial charge in [0.25, 0.3) is 0 Å². The van der Waals surface area contributed by atoms with Gasteiger partial charge in [0.2, 0.25) is 0 Å². The third-order valence-corrected chi connectivity index (χ3v) is 5.86. The summed E-state index contributed by atoms with van der Waals surface area (Å²) < 4.78 is 9.20. The molecule has 2 fully saturated rings. The van der Waals surface area contributed by atoms with Crippen LogP contribution in [0.5, 0.6) is 11.5 Å². The van der Waals surface area contributed by atoms with Gasteiger partial charge in [-0.2, -0.15) is 0 Å². The molecule has 2 aromatic carbocycles. The lowest BCUT2D eigenvalue weighted by atomic mass is 10.0. The smallest absolute Gasteiger partial charge is 0.127 e. The van der Waals surface area contributed by atoms with E-state index in [1.807, 2.05) is 30.5 Å². The molecule has 2 heterocycles. The van der Waals surface area contributed by atoms with E-state index in [2.05, 4.69) is 33.9 Å².